The molecular formula is C26H27N3O4. The molecule has 7 heteroatoms. The molecule has 1 aromatic heterocycles. The summed E-state index contributed by atoms with van der Waals surface area (Å²) in [6.45, 7) is 2.32. The highest BCUT2D eigenvalue weighted by atomic mass is 16.5. The molecule has 1 aliphatic carbocycles. The Morgan fingerprint density at radius 3 is 2.42 bits per heavy atom. The molecule has 1 atom stereocenters. The van der Waals surface area contributed by atoms with E-state index < -0.39 is 0 Å². The van der Waals surface area contributed by atoms with Gasteiger partial charge in [0.25, 0.3) is 5.91 Å². The van der Waals surface area contributed by atoms with Crippen LogP contribution in [0.15, 0.2) is 67.0 Å². The molecule has 2 amide bonds. The minimum atomic E-state index is -0.241. The molecule has 0 aliphatic heterocycles. The Labute approximate surface area is 193 Å². The van der Waals surface area contributed by atoms with Crippen molar-refractivity contribution in [2.75, 3.05) is 12.4 Å². The van der Waals surface area contributed by atoms with Crippen molar-refractivity contribution < 1.29 is 19.1 Å². The third-order valence-corrected chi connectivity index (χ3v) is 5.54. The normalized spacial score (nSPS) is 13.6. The quantitative estimate of drug-likeness (QED) is 0.506. The Bertz CT molecular complexity index is 1110. The molecule has 1 unspecified atom stereocenters. The lowest BCUT2D eigenvalue weighted by atomic mass is 10.1. The van der Waals surface area contributed by atoms with Crippen molar-refractivity contribution >= 4 is 17.5 Å². The van der Waals surface area contributed by atoms with Crippen molar-refractivity contribution in [3.05, 3.63) is 83.7 Å². The number of carbonyl (C=O) groups excluding carboxylic acids is 2. The second kappa shape index (κ2) is 10.2. The van der Waals surface area contributed by atoms with Crippen molar-refractivity contribution in [1.29, 1.82) is 0 Å². The summed E-state index contributed by atoms with van der Waals surface area (Å²) in [7, 11) is 1.59. The number of nitrogens with one attached hydrogen (secondary N) is 2. The highest BCUT2D eigenvalue weighted by Crippen LogP contribution is 2.31. The van der Waals surface area contributed by atoms with Crippen LogP contribution < -0.4 is 20.1 Å². The second-order valence-corrected chi connectivity index (χ2v) is 8.09. The highest BCUT2D eigenvalue weighted by molar-refractivity contribution is 5.97. The maximum Gasteiger partial charge on any atom is 0.251 e. The first kappa shape index (κ1) is 22.3. The molecule has 0 radical (unpaired) electrons. The van der Waals surface area contributed by atoms with Crippen molar-refractivity contribution in [3.63, 3.8) is 0 Å². The van der Waals surface area contributed by atoms with Gasteiger partial charge in [0, 0.05) is 29.6 Å². The molecule has 33 heavy (non-hydrogen) atoms. The Morgan fingerprint density at radius 2 is 1.76 bits per heavy atom. The maximum atomic E-state index is 12.7. The van der Waals surface area contributed by atoms with Crippen LogP contribution in [-0.4, -0.2) is 23.9 Å². The van der Waals surface area contributed by atoms with Gasteiger partial charge in [-0.25, -0.2) is 0 Å². The number of benzene rings is 2. The minimum Gasteiger partial charge on any atom is -0.493 e. The van der Waals surface area contributed by atoms with Crippen LogP contribution in [0.1, 0.15) is 47.3 Å². The molecule has 1 saturated carbocycles. The van der Waals surface area contributed by atoms with E-state index >= 15 is 0 Å². The SMILES string of the molecule is COc1cc(C(C)NC(=O)c2ccc(NC(=O)C3CC3)cc2)ccc1OCc1ccncc1. The minimum absolute atomic E-state index is 0.0444. The molecule has 3 aromatic rings. The molecule has 2 aromatic carbocycles. The summed E-state index contributed by atoms with van der Waals surface area (Å²) in [4.78, 5) is 28.6. The number of methoxy groups -OCH3 is 1. The number of aromatic nitrogens is 1. The van der Waals surface area contributed by atoms with Crippen LogP contribution in [0, 0.1) is 5.92 Å². The van der Waals surface area contributed by atoms with Gasteiger partial charge in [-0.2, -0.15) is 0 Å². The zero-order valence-corrected chi connectivity index (χ0v) is 18.7. The monoisotopic (exact) mass is 445 g/mol. The lowest BCUT2D eigenvalue weighted by molar-refractivity contribution is -0.117. The van der Waals surface area contributed by atoms with Gasteiger partial charge in [-0.1, -0.05) is 6.07 Å². The van der Waals surface area contributed by atoms with Gasteiger partial charge >= 0.3 is 0 Å². The van der Waals surface area contributed by atoms with Gasteiger partial charge in [-0.3, -0.25) is 14.6 Å². The summed E-state index contributed by atoms with van der Waals surface area (Å²) in [6, 6.07) is 16.1. The summed E-state index contributed by atoms with van der Waals surface area (Å²) in [5, 5.41) is 5.88. The van der Waals surface area contributed by atoms with Crippen molar-refractivity contribution in [2.45, 2.75) is 32.4 Å². The Balaban J connectivity index is 1.36. The fourth-order valence-corrected chi connectivity index (χ4v) is 3.37. The largest absolute Gasteiger partial charge is 0.493 e. The first-order valence-corrected chi connectivity index (χ1v) is 10.9. The fraction of sp³-hybridized carbons (Fsp3) is 0.269. The number of hydrogen-bond donors (Lipinski definition) is 2. The molecule has 4 rings (SSSR count). The third kappa shape index (κ3) is 5.88. The lowest BCUT2D eigenvalue weighted by Crippen LogP contribution is -2.26. The van der Waals surface area contributed by atoms with Gasteiger partial charge in [-0.15, -0.1) is 0 Å². The molecule has 0 saturated heterocycles. The van der Waals surface area contributed by atoms with Gasteiger partial charge < -0.3 is 20.1 Å². The molecule has 0 spiro atoms. The number of carbonyl (C=O) groups is 2. The molecular weight excluding hydrogens is 418 g/mol. The van der Waals surface area contributed by atoms with E-state index in [-0.39, 0.29) is 23.8 Å². The van der Waals surface area contributed by atoms with Crippen LogP contribution in [0.3, 0.4) is 0 Å². The number of rotatable bonds is 9. The van der Waals surface area contributed by atoms with E-state index in [0.29, 0.717) is 29.4 Å². The topological polar surface area (TPSA) is 89.6 Å². The molecule has 1 heterocycles. The number of pyridine rings is 1. The molecule has 2 N–H and O–H groups in total. The summed E-state index contributed by atoms with van der Waals surface area (Å²) < 4.78 is 11.4. The first-order valence-electron chi connectivity index (χ1n) is 10.9. The lowest BCUT2D eigenvalue weighted by Gasteiger charge is -2.17. The predicted octanol–water partition coefficient (Wildman–Crippen LogP) is 4.51. The van der Waals surface area contributed by atoms with Gasteiger partial charge in [0.2, 0.25) is 5.91 Å². The second-order valence-electron chi connectivity index (χ2n) is 8.09. The fourth-order valence-electron chi connectivity index (χ4n) is 3.37. The van der Waals surface area contributed by atoms with Crippen LogP contribution in [0.2, 0.25) is 0 Å². The van der Waals surface area contributed by atoms with E-state index in [2.05, 4.69) is 15.6 Å². The molecule has 1 fully saturated rings. The van der Waals surface area contributed by atoms with Gasteiger partial charge in [0.05, 0.1) is 13.2 Å². The zero-order valence-electron chi connectivity index (χ0n) is 18.7. The van der Waals surface area contributed by atoms with Crippen LogP contribution >= 0.6 is 0 Å². The number of amides is 2. The molecule has 7 nitrogen and oxygen atoms in total. The number of ether oxygens (including phenoxy) is 2. The van der Waals surface area contributed by atoms with E-state index in [9.17, 15) is 9.59 Å². The average Bonchev–Trinajstić information content (AvgIpc) is 3.69. The Kier molecular flexibility index (Phi) is 6.88. The van der Waals surface area contributed by atoms with Crippen LogP contribution in [0.25, 0.3) is 0 Å². The predicted molar refractivity (Wildman–Crippen MR) is 125 cm³/mol. The van der Waals surface area contributed by atoms with Crippen LogP contribution in [-0.2, 0) is 11.4 Å². The van der Waals surface area contributed by atoms with E-state index in [4.69, 9.17) is 9.47 Å². The van der Waals surface area contributed by atoms with E-state index in [1.165, 1.54) is 0 Å². The summed E-state index contributed by atoms with van der Waals surface area (Å²) >= 11 is 0. The van der Waals surface area contributed by atoms with Gasteiger partial charge in [0.15, 0.2) is 11.5 Å². The summed E-state index contributed by atoms with van der Waals surface area (Å²) in [5.74, 6) is 1.21. The maximum absolute atomic E-state index is 12.7. The van der Waals surface area contributed by atoms with Crippen molar-refractivity contribution in [3.8, 4) is 11.5 Å². The molecule has 0 bridgehead atoms. The summed E-state index contributed by atoms with van der Waals surface area (Å²) in [6.07, 6.45) is 5.35. The average molecular weight is 446 g/mol. The van der Waals surface area contributed by atoms with E-state index in [0.717, 1.165) is 24.0 Å². The number of nitrogens with zero attached hydrogens (tertiary/aromatic N) is 1. The smallest absolute Gasteiger partial charge is 0.251 e. The Hall–Kier alpha value is -3.87. The number of anilines is 1. The zero-order chi connectivity index (χ0) is 23.2. The third-order valence-electron chi connectivity index (χ3n) is 5.54. The van der Waals surface area contributed by atoms with Crippen molar-refractivity contribution in [2.24, 2.45) is 5.92 Å². The standard InChI is InChI=1S/C26H27N3O4/c1-17(28-25(30)20-5-8-22(9-6-20)29-26(31)19-3-4-19)21-7-10-23(24(15-21)32-2)33-16-18-11-13-27-14-12-18/h5-15,17,19H,3-4,16H2,1-2H3,(H,28,30)(H,29,31). The van der Waals surface area contributed by atoms with Gasteiger partial charge in [0.1, 0.15) is 6.61 Å². The molecule has 1 aliphatic rings. The van der Waals surface area contributed by atoms with E-state index in [1.54, 1.807) is 43.8 Å². The van der Waals surface area contributed by atoms with Gasteiger partial charge in [-0.05, 0) is 79.4 Å². The number of hydrogen-bond acceptors (Lipinski definition) is 5. The highest BCUT2D eigenvalue weighted by Gasteiger charge is 2.29. The first-order chi connectivity index (χ1) is 16.0. The van der Waals surface area contributed by atoms with Crippen LogP contribution in [0.5, 0.6) is 11.5 Å². The van der Waals surface area contributed by atoms with Crippen molar-refractivity contribution in [1.82, 2.24) is 10.3 Å². The Morgan fingerprint density at radius 1 is 1.03 bits per heavy atom. The van der Waals surface area contributed by atoms with Crippen LogP contribution in [0.4, 0.5) is 5.69 Å². The summed E-state index contributed by atoms with van der Waals surface area (Å²) in [5.41, 5.74) is 3.12. The molecule has 170 valence electrons. The van der Waals surface area contributed by atoms with E-state index in [1.807, 2.05) is 37.3 Å².